The van der Waals surface area contributed by atoms with Gasteiger partial charge in [-0.25, -0.2) is 13.1 Å². The predicted octanol–water partition coefficient (Wildman–Crippen LogP) is 5.40. The minimum absolute atomic E-state index is 0.108. The molecule has 1 fully saturated rings. The van der Waals surface area contributed by atoms with Gasteiger partial charge in [-0.05, 0) is 37.0 Å². The first-order valence-electron chi connectivity index (χ1n) is 9.87. The zero-order chi connectivity index (χ0) is 22.9. The van der Waals surface area contributed by atoms with E-state index in [-0.39, 0.29) is 50.1 Å². The van der Waals surface area contributed by atoms with Gasteiger partial charge in [0.25, 0.3) is 0 Å². The summed E-state index contributed by atoms with van der Waals surface area (Å²) in [6, 6.07) is 5.66. The van der Waals surface area contributed by atoms with Crippen molar-refractivity contribution in [2.75, 3.05) is 5.32 Å². The molecule has 0 aromatic heterocycles. The molecular weight excluding hydrogens is 463 g/mol. The van der Waals surface area contributed by atoms with E-state index >= 15 is 0 Å². The van der Waals surface area contributed by atoms with Crippen molar-refractivity contribution in [3.05, 3.63) is 39.9 Å². The second-order valence-corrected chi connectivity index (χ2v) is 10.2. The molecule has 0 spiro atoms. The fourth-order valence-corrected chi connectivity index (χ4v) is 4.90. The second-order valence-electron chi connectivity index (χ2n) is 7.68. The van der Waals surface area contributed by atoms with Crippen molar-refractivity contribution in [1.82, 2.24) is 4.72 Å². The van der Waals surface area contributed by atoms with E-state index in [2.05, 4.69) is 10.0 Å². The van der Waals surface area contributed by atoms with Crippen LogP contribution in [0.15, 0.2) is 29.2 Å². The largest absolute Gasteiger partial charge is 0.506 e. The quantitative estimate of drug-likeness (QED) is 0.462. The number of rotatable bonds is 8. The number of ether oxygens (including phenoxy) is 1. The summed E-state index contributed by atoms with van der Waals surface area (Å²) in [5.74, 6) is -0.413. The number of carbonyl (C=O) groups is 1. The maximum atomic E-state index is 12.8. The van der Waals surface area contributed by atoms with Crippen LogP contribution in [0.2, 0.25) is 10.0 Å². The number of benzene rings is 2. The molecule has 31 heavy (non-hydrogen) atoms. The van der Waals surface area contributed by atoms with Gasteiger partial charge in [0.1, 0.15) is 16.4 Å². The molecule has 168 valence electrons. The van der Waals surface area contributed by atoms with Gasteiger partial charge in [0.2, 0.25) is 15.9 Å². The molecule has 0 radical (unpaired) electrons. The number of anilines is 1. The highest BCUT2D eigenvalue weighted by Crippen LogP contribution is 2.42. The lowest BCUT2D eigenvalue weighted by atomic mass is 10.0. The highest BCUT2D eigenvalue weighted by atomic mass is 35.5. The molecule has 0 atom stereocenters. The average molecular weight is 487 g/mol. The first-order valence-corrected chi connectivity index (χ1v) is 12.1. The van der Waals surface area contributed by atoms with Crippen LogP contribution in [0.4, 0.5) is 5.69 Å². The van der Waals surface area contributed by atoms with E-state index < -0.39 is 10.0 Å². The van der Waals surface area contributed by atoms with Crippen molar-refractivity contribution < 1.29 is 23.1 Å². The maximum absolute atomic E-state index is 12.8. The monoisotopic (exact) mass is 486 g/mol. The van der Waals surface area contributed by atoms with Crippen molar-refractivity contribution in [2.45, 2.75) is 56.9 Å². The zero-order valence-electron chi connectivity index (χ0n) is 17.3. The Bertz CT molecular complexity index is 1090. The summed E-state index contributed by atoms with van der Waals surface area (Å²) in [4.78, 5) is 11.3. The molecule has 0 aliphatic heterocycles. The maximum Gasteiger partial charge on any atom is 0.244 e. The Hall–Kier alpha value is -2.00. The highest BCUT2D eigenvalue weighted by molar-refractivity contribution is 7.89. The summed E-state index contributed by atoms with van der Waals surface area (Å²) in [7, 11) is -3.94. The lowest BCUT2D eigenvalue weighted by molar-refractivity contribution is -0.115. The number of amides is 1. The van der Waals surface area contributed by atoms with Crippen molar-refractivity contribution in [2.24, 2.45) is 0 Å². The molecule has 2 aromatic carbocycles. The topological polar surface area (TPSA) is 105 Å². The minimum atomic E-state index is -3.94. The van der Waals surface area contributed by atoms with Crippen LogP contribution in [0, 0.1) is 0 Å². The van der Waals surface area contributed by atoms with E-state index in [0.717, 1.165) is 12.8 Å². The van der Waals surface area contributed by atoms with E-state index in [1.165, 1.54) is 18.2 Å². The zero-order valence-corrected chi connectivity index (χ0v) is 19.7. The number of hydrogen-bond donors (Lipinski definition) is 3. The smallest absolute Gasteiger partial charge is 0.244 e. The molecule has 1 saturated carbocycles. The van der Waals surface area contributed by atoms with Crippen molar-refractivity contribution in [3.8, 4) is 17.2 Å². The standard InChI is InChI=1S/C21H24Cl2N2O5S/c1-4-19(26)24-13-7-16(22)21(17(23)8-13)30-14-9-15(11(2)3)20(27)18(10-14)31(28,29)25-12-5-6-12/h7-12,25,27H,4-6H2,1-3H3,(H,24,26). The Morgan fingerprint density at radius 3 is 2.32 bits per heavy atom. The Morgan fingerprint density at radius 2 is 1.81 bits per heavy atom. The van der Waals surface area contributed by atoms with Gasteiger partial charge in [0, 0.05) is 29.8 Å². The van der Waals surface area contributed by atoms with Crippen LogP contribution < -0.4 is 14.8 Å². The van der Waals surface area contributed by atoms with Gasteiger partial charge in [0.05, 0.1) is 10.0 Å². The summed E-state index contributed by atoms with van der Waals surface area (Å²) >= 11 is 12.6. The molecule has 7 nitrogen and oxygen atoms in total. The molecule has 3 rings (SSSR count). The second kappa shape index (κ2) is 9.24. The molecular formula is C21H24Cl2N2O5S. The Labute approximate surface area is 191 Å². The van der Waals surface area contributed by atoms with Crippen LogP contribution in [0.25, 0.3) is 0 Å². The van der Waals surface area contributed by atoms with Crippen LogP contribution in [0.1, 0.15) is 51.5 Å². The van der Waals surface area contributed by atoms with Gasteiger partial charge < -0.3 is 15.2 Å². The van der Waals surface area contributed by atoms with E-state index in [1.807, 2.05) is 13.8 Å². The molecule has 3 N–H and O–H groups in total. The van der Waals surface area contributed by atoms with E-state index in [0.29, 0.717) is 17.7 Å². The van der Waals surface area contributed by atoms with Gasteiger partial charge in [-0.15, -0.1) is 0 Å². The van der Waals surface area contributed by atoms with E-state index in [4.69, 9.17) is 27.9 Å². The van der Waals surface area contributed by atoms with Crippen LogP contribution in [0.5, 0.6) is 17.2 Å². The number of sulfonamides is 1. The average Bonchev–Trinajstić information content (AvgIpc) is 3.48. The van der Waals surface area contributed by atoms with Crippen molar-refractivity contribution in [3.63, 3.8) is 0 Å². The van der Waals surface area contributed by atoms with E-state index in [1.54, 1.807) is 13.0 Å². The molecule has 0 unspecified atom stereocenters. The third-order valence-electron chi connectivity index (χ3n) is 4.71. The van der Waals surface area contributed by atoms with Gasteiger partial charge in [0.15, 0.2) is 5.75 Å². The van der Waals surface area contributed by atoms with Gasteiger partial charge in [-0.3, -0.25) is 4.79 Å². The normalized spacial score (nSPS) is 14.0. The third-order valence-corrected chi connectivity index (χ3v) is 6.81. The summed E-state index contributed by atoms with van der Waals surface area (Å²) in [5.41, 5.74) is 0.826. The lowest BCUT2D eigenvalue weighted by Crippen LogP contribution is -2.26. The van der Waals surface area contributed by atoms with Gasteiger partial charge in [-0.2, -0.15) is 0 Å². The van der Waals surface area contributed by atoms with Crippen LogP contribution in [-0.4, -0.2) is 25.5 Å². The molecule has 1 aliphatic rings. The molecule has 1 aliphatic carbocycles. The summed E-state index contributed by atoms with van der Waals surface area (Å²) in [6.45, 7) is 5.38. The van der Waals surface area contributed by atoms with Crippen LogP contribution in [-0.2, 0) is 14.8 Å². The number of phenolic OH excluding ortho intramolecular Hbond substituents is 1. The number of carbonyl (C=O) groups excluding carboxylic acids is 1. The first kappa shape index (κ1) is 23.7. The minimum Gasteiger partial charge on any atom is -0.506 e. The van der Waals surface area contributed by atoms with Crippen LogP contribution in [0.3, 0.4) is 0 Å². The number of nitrogens with one attached hydrogen (secondary N) is 2. The Kier molecular flexibility index (Phi) is 7.05. The molecule has 0 saturated heterocycles. The molecule has 0 bridgehead atoms. The number of hydrogen-bond acceptors (Lipinski definition) is 5. The van der Waals surface area contributed by atoms with Crippen molar-refractivity contribution >= 4 is 44.8 Å². The number of phenols is 1. The highest BCUT2D eigenvalue weighted by Gasteiger charge is 2.31. The SMILES string of the molecule is CCC(=O)Nc1cc(Cl)c(Oc2cc(C(C)C)c(O)c(S(=O)(=O)NC3CC3)c2)c(Cl)c1. The Balaban J connectivity index is 2.00. The van der Waals surface area contributed by atoms with Gasteiger partial charge >= 0.3 is 0 Å². The van der Waals surface area contributed by atoms with Crippen LogP contribution >= 0.6 is 23.2 Å². The molecule has 0 heterocycles. The lowest BCUT2D eigenvalue weighted by Gasteiger charge is -2.17. The molecule has 10 heteroatoms. The van der Waals surface area contributed by atoms with Crippen molar-refractivity contribution in [1.29, 1.82) is 0 Å². The van der Waals surface area contributed by atoms with E-state index in [9.17, 15) is 18.3 Å². The van der Waals surface area contributed by atoms with Gasteiger partial charge in [-0.1, -0.05) is 44.0 Å². The number of aromatic hydroxyl groups is 1. The summed E-state index contributed by atoms with van der Waals surface area (Å²) < 4.78 is 34.0. The fraction of sp³-hybridized carbons (Fsp3) is 0.381. The first-order chi connectivity index (χ1) is 14.5. The Morgan fingerprint density at radius 1 is 1.19 bits per heavy atom. The number of halogens is 2. The fourth-order valence-electron chi connectivity index (χ4n) is 2.89. The molecule has 1 amide bonds. The summed E-state index contributed by atoms with van der Waals surface area (Å²) in [6.07, 6.45) is 1.82. The third kappa shape index (κ3) is 5.63. The predicted molar refractivity (Wildman–Crippen MR) is 121 cm³/mol. The summed E-state index contributed by atoms with van der Waals surface area (Å²) in [5, 5.41) is 13.5. The molecule has 2 aromatic rings.